The number of quaternary nitrogens is 2. The predicted molar refractivity (Wildman–Crippen MR) is 301 cm³/mol. The van der Waals surface area contributed by atoms with Crippen LogP contribution in [0.25, 0.3) is 0 Å². The van der Waals surface area contributed by atoms with E-state index in [1.807, 2.05) is 0 Å². The van der Waals surface area contributed by atoms with Crippen molar-refractivity contribution in [2.75, 3.05) is 79.8 Å². The fourth-order valence-corrected chi connectivity index (χ4v) is 10.8. The molecule has 2 N–H and O–H groups in total. The smallest absolute Gasteiger partial charge is 0.126 e. The van der Waals surface area contributed by atoms with E-state index < -0.39 is 12.2 Å². The summed E-state index contributed by atoms with van der Waals surface area (Å²) < 4.78 is 14.1. The molecule has 0 spiro atoms. The molecule has 0 aliphatic carbocycles. The molecular formula is C62H130N2O4+2. The molecular weight excluding hydrogens is 837 g/mol. The number of ether oxygens (including phenoxy) is 2. The van der Waals surface area contributed by atoms with Crippen molar-refractivity contribution in [2.24, 2.45) is 0 Å². The van der Waals surface area contributed by atoms with Crippen LogP contribution in [0.3, 0.4) is 0 Å². The van der Waals surface area contributed by atoms with Gasteiger partial charge in [-0.05, 0) is 64.2 Å². The molecule has 0 aliphatic heterocycles. The van der Waals surface area contributed by atoms with Gasteiger partial charge in [0.1, 0.15) is 25.3 Å². The van der Waals surface area contributed by atoms with Gasteiger partial charge in [-0.15, -0.1) is 0 Å². The third kappa shape index (κ3) is 49.3. The average molecular weight is 968 g/mol. The summed E-state index contributed by atoms with van der Waals surface area (Å²) in [6, 6.07) is 0. The summed E-state index contributed by atoms with van der Waals surface area (Å²) >= 11 is 0. The monoisotopic (exact) mass is 967 g/mol. The minimum atomic E-state index is -0.392. The lowest BCUT2D eigenvalue weighted by Gasteiger charge is -2.36. The Balaban J connectivity index is 4.52. The Bertz CT molecular complexity index is 828. The highest BCUT2D eigenvalue weighted by Crippen LogP contribution is 2.19. The molecule has 6 nitrogen and oxygen atoms in total. The van der Waals surface area contributed by atoms with Gasteiger partial charge in [0.25, 0.3) is 0 Å². The SMILES string of the molecule is CCCCCCCCCCCC[N+](C)(CCCCCCCCCCCC)CC(O)COCCCCCCOCC(O)C[N+](C)(CCCCCCCCCCCC)CCCCCCCCCCCC. The highest BCUT2D eigenvalue weighted by molar-refractivity contribution is 4.59. The van der Waals surface area contributed by atoms with Crippen molar-refractivity contribution < 1.29 is 28.7 Å². The van der Waals surface area contributed by atoms with Crippen LogP contribution in [0.1, 0.15) is 310 Å². The second-order valence-corrected chi connectivity index (χ2v) is 23.1. The third-order valence-corrected chi connectivity index (χ3v) is 15.5. The van der Waals surface area contributed by atoms with Crippen molar-refractivity contribution >= 4 is 0 Å². The normalized spacial score (nSPS) is 13.2. The number of aliphatic hydroxyl groups excluding tert-OH is 2. The standard InChI is InChI=1S/C62H130N2O4/c1-7-11-15-19-23-27-31-35-39-45-51-63(5,52-46-40-36-32-28-24-20-16-12-8-2)57-61(65)59-67-55-49-43-44-50-56-68-60-62(66)58-64(6,53-47-41-37-33-29-25-21-17-13-9-3)54-48-42-38-34-30-26-22-18-14-10-4/h61-62,65-66H,7-60H2,1-6H3/q+2. The molecule has 0 saturated carbocycles. The molecule has 2 atom stereocenters. The molecule has 0 radical (unpaired) electrons. The summed E-state index contributed by atoms with van der Waals surface area (Å²) in [5.74, 6) is 0. The lowest BCUT2D eigenvalue weighted by atomic mass is 10.1. The predicted octanol–water partition coefficient (Wildman–Crippen LogP) is 17.9. The number of likely N-dealkylation sites (N-methyl/N-ethyl adjacent to an activating group) is 2. The Hall–Kier alpha value is -0.240. The van der Waals surface area contributed by atoms with Gasteiger partial charge in [0.05, 0.1) is 53.5 Å². The highest BCUT2D eigenvalue weighted by atomic mass is 16.5. The fraction of sp³-hybridized carbons (Fsp3) is 1.00. The average Bonchev–Trinajstić information content (AvgIpc) is 3.32. The van der Waals surface area contributed by atoms with Gasteiger partial charge in [-0.2, -0.15) is 0 Å². The van der Waals surface area contributed by atoms with Gasteiger partial charge in [-0.3, -0.25) is 0 Å². The maximum absolute atomic E-state index is 11.2. The van der Waals surface area contributed by atoms with Crippen LogP contribution in [0.15, 0.2) is 0 Å². The second-order valence-electron chi connectivity index (χ2n) is 23.1. The zero-order valence-electron chi connectivity index (χ0n) is 47.9. The third-order valence-electron chi connectivity index (χ3n) is 15.5. The molecule has 0 heterocycles. The summed E-state index contributed by atoms with van der Waals surface area (Å²) in [6.45, 7) is 17.9. The first kappa shape index (κ1) is 67.8. The van der Waals surface area contributed by atoms with Crippen molar-refractivity contribution in [3.63, 3.8) is 0 Å². The quantitative estimate of drug-likeness (QED) is 0.0471. The van der Waals surface area contributed by atoms with Crippen LogP contribution < -0.4 is 0 Å². The largest absolute Gasteiger partial charge is 0.385 e. The maximum Gasteiger partial charge on any atom is 0.126 e. The van der Waals surface area contributed by atoms with Crippen LogP contribution in [-0.2, 0) is 9.47 Å². The van der Waals surface area contributed by atoms with E-state index in [0.717, 1.165) is 61.0 Å². The topological polar surface area (TPSA) is 58.9 Å². The van der Waals surface area contributed by atoms with E-state index in [9.17, 15) is 10.2 Å². The molecule has 6 heteroatoms. The zero-order valence-corrected chi connectivity index (χ0v) is 47.9. The van der Waals surface area contributed by atoms with E-state index >= 15 is 0 Å². The van der Waals surface area contributed by atoms with Crippen molar-refractivity contribution in [1.82, 2.24) is 0 Å². The molecule has 0 amide bonds. The Morgan fingerprint density at radius 1 is 0.265 bits per heavy atom. The Morgan fingerprint density at radius 3 is 0.647 bits per heavy atom. The summed E-state index contributed by atoms with van der Waals surface area (Å²) in [5.41, 5.74) is 0. The van der Waals surface area contributed by atoms with Gasteiger partial charge in [0.15, 0.2) is 0 Å². The van der Waals surface area contributed by atoms with Crippen LogP contribution in [0, 0.1) is 0 Å². The first-order valence-electron chi connectivity index (χ1n) is 31.4. The molecule has 0 aromatic rings. The molecule has 0 saturated heterocycles. The van der Waals surface area contributed by atoms with E-state index in [1.165, 1.54) is 283 Å². The molecule has 2 unspecified atom stereocenters. The molecule has 0 aliphatic rings. The van der Waals surface area contributed by atoms with Crippen molar-refractivity contribution in [3.05, 3.63) is 0 Å². The maximum atomic E-state index is 11.2. The van der Waals surface area contributed by atoms with Gasteiger partial charge in [0, 0.05) is 13.2 Å². The second kappa shape index (κ2) is 53.1. The van der Waals surface area contributed by atoms with E-state index in [1.54, 1.807) is 0 Å². The summed E-state index contributed by atoms with van der Waals surface area (Å²) in [6.07, 6.45) is 58.5. The number of unbranched alkanes of at least 4 members (excludes halogenated alkanes) is 39. The molecule has 0 rings (SSSR count). The van der Waals surface area contributed by atoms with Crippen LogP contribution in [-0.4, -0.2) is 111 Å². The van der Waals surface area contributed by atoms with Gasteiger partial charge >= 0.3 is 0 Å². The first-order valence-corrected chi connectivity index (χ1v) is 31.4. The number of nitrogens with zero attached hydrogens (tertiary/aromatic N) is 2. The Kier molecular flexibility index (Phi) is 52.9. The van der Waals surface area contributed by atoms with Gasteiger partial charge in [0.2, 0.25) is 0 Å². The number of hydrogen-bond acceptors (Lipinski definition) is 4. The minimum Gasteiger partial charge on any atom is -0.385 e. The fourth-order valence-electron chi connectivity index (χ4n) is 10.8. The lowest BCUT2D eigenvalue weighted by molar-refractivity contribution is -0.913. The molecule has 0 aromatic carbocycles. The van der Waals surface area contributed by atoms with Crippen LogP contribution in [0.4, 0.5) is 0 Å². The van der Waals surface area contributed by atoms with Crippen molar-refractivity contribution in [3.8, 4) is 0 Å². The van der Waals surface area contributed by atoms with Gasteiger partial charge in [-0.25, -0.2) is 0 Å². The highest BCUT2D eigenvalue weighted by Gasteiger charge is 2.26. The van der Waals surface area contributed by atoms with Crippen molar-refractivity contribution in [2.45, 2.75) is 322 Å². The van der Waals surface area contributed by atoms with E-state index in [-0.39, 0.29) is 0 Å². The number of aliphatic hydroxyl groups is 2. The zero-order chi connectivity index (χ0) is 49.8. The lowest BCUT2D eigenvalue weighted by Crippen LogP contribution is -2.51. The summed E-state index contributed by atoms with van der Waals surface area (Å²) in [7, 11) is 4.81. The van der Waals surface area contributed by atoms with Crippen molar-refractivity contribution in [1.29, 1.82) is 0 Å². The van der Waals surface area contributed by atoms with E-state index in [4.69, 9.17) is 9.47 Å². The van der Waals surface area contributed by atoms with Crippen LogP contribution in [0.2, 0.25) is 0 Å². The Labute approximate surface area is 429 Å². The summed E-state index contributed by atoms with van der Waals surface area (Å²) in [4.78, 5) is 0. The van der Waals surface area contributed by atoms with Crippen LogP contribution in [0.5, 0.6) is 0 Å². The van der Waals surface area contributed by atoms with Gasteiger partial charge < -0.3 is 28.7 Å². The molecule has 0 fully saturated rings. The minimum absolute atomic E-state index is 0.392. The Morgan fingerprint density at radius 2 is 0.441 bits per heavy atom. The van der Waals surface area contributed by atoms with Gasteiger partial charge in [-0.1, -0.05) is 246 Å². The van der Waals surface area contributed by atoms with Crippen LogP contribution >= 0.6 is 0 Å². The summed E-state index contributed by atoms with van der Waals surface area (Å²) in [5, 5.41) is 22.3. The molecule has 68 heavy (non-hydrogen) atoms. The molecule has 410 valence electrons. The molecule has 0 bridgehead atoms. The number of hydrogen-bond donors (Lipinski definition) is 2. The van der Waals surface area contributed by atoms with E-state index in [0.29, 0.717) is 13.2 Å². The van der Waals surface area contributed by atoms with E-state index in [2.05, 4.69) is 41.8 Å². The molecule has 0 aromatic heterocycles. The first-order chi connectivity index (χ1) is 33.2. The number of rotatable bonds is 59.